The number of aromatic carboxylic acids is 1. The molecule has 5 N–H and O–H groups in total. The number of carboxylic acids is 1. The average Bonchev–Trinajstić information content (AvgIpc) is 3.88. The van der Waals surface area contributed by atoms with Gasteiger partial charge in [0.1, 0.15) is 34.8 Å². The van der Waals surface area contributed by atoms with Crippen molar-refractivity contribution >= 4 is 34.7 Å². The van der Waals surface area contributed by atoms with E-state index in [0.29, 0.717) is 44.2 Å². The summed E-state index contributed by atoms with van der Waals surface area (Å²) >= 11 is 0. The van der Waals surface area contributed by atoms with Crippen molar-refractivity contribution in [2.75, 3.05) is 48.1 Å². The second-order valence-electron chi connectivity index (χ2n) is 22.9. The van der Waals surface area contributed by atoms with E-state index in [9.17, 15) is 44.4 Å². The maximum atomic E-state index is 14.6. The highest BCUT2D eigenvalue weighted by atomic mass is 16.7. The lowest BCUT2D eigenvalue weighted by Crippen LogP contribution is -2.62. The van der Waals surface area contributed by atoms with Gasteiger partial charge in [0, 0.05) is 75.7 Å². The van der Waals surface area contributed by atoms with Gasteiger partial charge in [0.2, 0.25) is 5.43 Å². The number of aliphatic hydroxyl groups excluding tert-OH is 2. The molecule has 0 aliphatic carbocycles. The number of aromatic nitrogens is 1. The van der Waals surface area contributed by atoms with E-state index in [-0.39, 0.29) is 55.9 Å². The summed E-state index contributed by atoms with van der Waals surface area (Å²) < 4.78 is 58.7. The molecule has 6 rings (SSSR count). The molecule has 21 nitrogen and oxygen atoms in total. The number of nitrogens with one attached hydrogen (secondary N) is 1. The standard InChI is InChI=1S/C56H87N3O18/c1-15-40-56(10,68)47(63)31(4)43(60)29(2)26-54(8,69-13)48(76-52-45(62)39(58(11)12)23-30(3)72-52)32(5)46(33(6)51(66)74-40)75-41-27-55(9,70-14)49(34(7)73-41)77-53(67)57-19-22-71-21-16-17-35-24-36-18-20-59-28-38(50(64)65)44(61)37(25-35)42(36)59/h24-25,28-34,39-41,45-49,52,62-63,68H,15-23,26-27H2,1-14H3,(H,57,67)(H,64,65)/t29-,30+,31+,32+,33-,34+,39-,40-,41+,45+,46+,47-,48-,49+,52-,54-,55-,56-/m1/s1. The number of methoxy groups -OCH3 is 2. The number of benzene rings is 1. The Labute approximate surface area is 452 Å². The molecule has 3 fully saturated rings. The maximum Gasteiger partial charge on any atom is 0.407 e. The Morgan fingerprint density at radius 2 is 1.58 bits per heavy atom. The number of nitrogens with zero attached hydrogens (tertiary/aromatic N) is 2. The summed E-state index contributed by atoms with van der Waals surface area (Å²) in [4.78, 5) is 68.8. The van der Waals surface area contributed by atoms with Crippen molar-refractivity contribution in [3.63, 3.8) is 0 Å². The monoisotopic (exact) mass is 1090 g/mol. The third-order valence-corrected chi connectivity index (χ3v) is 16.9. The van der Waals surface area contributed by atoms with Gasteiger partial charge in [-0.15, -0.1) is 0 Å². The number of hydrogen-bond acceptors (Lipinski definition) is 18. The zero-order valence-corrected chi connectivity index (χ0v) is 47.6. The number of aliphatic hydroxyl groups is 3. The third-order valence-electron chi connectivity index (χ3n) is 16.9. The number of carbonyl (C=O) groups excluding carboxylic acids is 3. The highest BCUT2D eigenvalue weighted by Crippen LogP contribution is 2.42. The number of cyclic esters (lactones) is 1. The lowest BCUT2D eigenvalue weighted by molar-refractivity contribution is -0.319. The fraction of sp³-hybridized carbons (Fsp3) is 0.768. The van der Waals surface area contributed by atoms with Crippen LogP contribution in [0, 0.1) is 23.7 Å². The number of pyridine rings is 1. The van der Waals surface area contributed by atoms with E-state index in [2.05, 4.69) is 11.4 Å². The summed E-state index contributed by atoms with van der Waals surface area (Å²) in [6, 6.07) is 3.48. The minimum absolute atomic E-state index is 0.0108. The Balaban J connectivity index is 1.16. The number of hydrogen-bond donors (Lipinski definition) is 5. The van der Waals surface area contributed by atoms with Crippen LogP contribution in [0.3, 0.4) is 0 Å². The number of carbonyl (C=O) groups is 4. The summed E-state index contributed by atoms with van der Waals surface area (Å²) in [7, 11) is 6.69. The number of Topliss-reactive ketones (excluding diaryl/α,β-unsaturated/α-hetero) is 1. The smallest absolute Gasteiger partial charge is 0.407 e. The quantitative estimate of drug-likeness (QED) is 0.109. The van der Waals surface area contributed by atoms with Gasteiger partial charge >= 0.3 is 18.0 Å². The predicted octanol–water partition coefficient (Wildman–Crippen LogP) is 4.39. The Hall–Kier alpha value is -4.13. The van der Waals surface area contributed by atoms with E-state index in [1.807, 2.05) is 37.4 Å². The molecule has 18 atom stereocenters. The van der Waals surface area contributed by atoms with Crippen LogP contribution in [-0.4, -0.2) is 186 Å². The van der Waals surface area contributed by atoms with Gasteiger partial charge in [-0.3, -0.25) is 14.4 Å². The van der Waals surface area contributed by atoms with Gasteiger partial charge in [0.15, 0.2) is 18.7 Å². The number of alkyl carbamates (subject to hydrolysis) is 1. The Bertz CT molecular complexity index is 2450. The zero-order chi connectivity index (χ0) is 57.1. The molecule has 1 aromatic heterocycles. The second kappa shape index (κ2) is 25.5. The molecular weight excluding hydrogens is 1000 g/mol. The SMILES string of the molecule is CC[C@H]1OC(=O)[C@H](C)[C@@H](O[C@H]2C[C@@](C)(OC)[C@@H](OC(=O)NCCOCCCc3cc4c5c(c3)c(=O)c(C(=O)O)cn5CC4)[C@H](C)O2)[C@H](C)[C@@H](O[C@H]2O[C@@H](C)C[C@@H](N(C)C)[C@@H]2O)[C@](C)(OC)C[C@@H](C)C(=O)[C@H](C)[C@@H](O)[C@]1(C)O. The lowest BCUT2D eigenvalue weighted by Gasteiger charge is -2.50. The van der Waals surface area contributed by atoms with Crippen molar-refractivity contribution in [1.29, 1.82) is 0 Å². The number of amides is 1. The van der Waals surface area contributed by atoms with Crippen LogP contribution < -0.4 is 10.7 Å². The van der Waals surface area contributed by atoms with Crippen molar-refractivity contribution in [3.05, 3.63) is 45.2 Å². The molecule has 0 saturated carbocycles. The van der Waals surface area contributed by atoms with Gasteiger partial charge in [-0.2, -0.15) is 0 Å². The van der Waals surface area contributed by atoms with E-state index in [0.717, 1.165) is 16.6 Å². The fourth-order valence-corrected chi connectivity index (χ4v) is 12.3. The molecule has 434 valence electrons. The van der Waals surface area contributed by atoms with Crippen molar-refractivity contribution in [3.8, 4) is 0 Å². The first-order valence-corrected chi connectivity index (χ1v) is 27.3. The van der Waals surface area contributed by atoms with Crippen LogP contribution in [0.4, 0.5) is 4.79 Å². The van der Waals surface area contributed by atoms with Gasteiger partial charge in [-0.25, -0.2) is 9.59 Å². The molecular formula is C56H87N3O18. The molecule has 4 aliphatic rings. The van der Waals surface area contributed by atoms with Crippen molar-refractivity contribution in [2.45, 2.75) is 205 Å². The van der Waals surface area contributed by atoms with Crippen LogP contribution in [0.2, 0.25) is 0 Å². The van der Waals surface area contributed by atoms with Crippen LogP contribution in [0.1, 0.15) is 123 Å². The van der Waals surface area contributed by atoms with Crippen molar-refractivity contribution in [2.24, 2.45) is 23.7 Å². The lowest BCUT2D eigenvalue weighted by atomic mass is 9.74. The summed E-state index contributed by atoms with van der Waals surface area (Å²) in [5.74, 6) is -6.12. The number of rotatable bonds is 17. The summed E-state index contributed by atoms with van der Waals surface area (Å²) in [6.07, 6.45) is -7.17. The number of ether oxygens (including phenoxy) is 9. The van der Waals surface area contributed by atoms with Crippen molar-refractivity contribution < 1.29 is 82.2 Å². The molecule has 3 saturated heterocycles. The molecule has 4 aliphatic heterocycles. The molecule has 0 unspecified atom stereocenters. The third kappa shape index (κ3) is 13.6. The molecule has 5 heterocycles. The van der Waals surface area contributed by atoms with E-state index >= 15 is 0 Å². The zero-order valence-electron chi connectivity index (χ0n) is 47.6. The van der Waals surface area contributed by atoms with Crippen LogP contribution in [0.25, 0.3) is 10.9 Å². The van der Waals surface area contributed by atoms with Crippen LogP contribution in [0.5, 0.6) is 0 Å². The van der Waals surface area contributed by atoms with E-state index in [1.165, 1.54) is 34.3 Å². The van der Waals surface area contributed by atoms with E-state index < -0.39 is 119 Å². The number of ketones is 1. The normalized spacial score (nSPS) is 37.4. The Morgan fingerprint density at radius 1 is 0.909 bits per heavy atom. The van der Waals surface area contributed by atoms with Gasteiger partial charge in [0.25, 0.3) is 0 Å². The highest BCUT2D eigenvalue weighted by Gasteiger charge is 2.55. The highest BCUT2D eigenvalue weighted by molar-refractivity contribution is 5.94. The Morgan fingerprint density at radius 3 is 2.22 bits per heavy atom. The molecule has 1 aromatic carbocycles. The van der Waals surface area contributed by atoms with Gasteiger partial charge in [0.05, 0.1) is 54.2 Å². The largest absolute Gasteiger partial charge is 0.477 e. The predicted molar refractivity (Wildman–Crippen MR) is 281 cm³/mol. The minimum Gasteiger partial charge on any atom is -0.477 e. The first-order chi connectivity index (χ1) is 36.1. The summed E-state index contributed by atoms with van der Waals surface area (Å²) in [5.41, 5.74) is -2.59. The van der Waals surface area contributed by atoms with E-state index in [1.54, 1.807) is 47.6 Å². The molecule has 0 bridgehead atoms. The molecule has 2 aromatic rings. The maximum absolute atomic E-state index is 14.6. The Kier molecular flexibility index (Phi) is 20.6. The van der Waals surface area contributed by atoms with Crippen LogP contribution in [-0.2, 0) is 71.6 Å². The molecule has 0 spiro atoms. The summed E-state index contributed by atoms with van der Waals surface area (Å²) in [6.45, 7) is 18.2. The summed E-state index contributed by atoms with van der Waals surface area (Å²) in [5, 5.41) is 48.0. The van der Waals surface area contributed by atoms with Crippen molar-refractivity contribution in [1.82, 2.24) is 14.8 Å². The number of carboxylic acid groups (broad SMARTS) is 1. The first-order valence-electron chi connectivity index (χ1n) is 27.3. The van der Waals surface area contributed by atoms with E-state index in [4.69, 9.17) is 42.6 Å². The van der Waals surface area contributed by atoms with Crippen LogP contribution >= 0.6 is 0 Å². The topological polar surface area (TPSA) is 270 Å². The average molecular weight is 1090 g/mol. The minimum atomic E-state index is -2.03. The van der Waals surface area contributed by atoms with Gasteiger partial charge < -0.3 is 77.8 Å². The van der Waals surface area contributed by atoms with Gasteiger partial charge in [-0.1, -0.05) is 33.8 Å². The number of aryl methyl sites for hydroxylation is 3. The van der Waals surface area contributed by atoms with Crippen LogP contribution in [0.15, 0.2) is 23.1 Å². The fourth-order valence-electron chi connectivity index (χ4n) is 12.3. The molecule has 21 heteroatoms. The molecule has 0 radical (unpaired) electrons. The number of esters is 1. The van der Waals surface area contributed by atoms with Gasteiger partial charge in [-0.05, 0) is 111 Å². The number of likely N-dealkylation sites (N-methyl/N-ethyl adjacent to an activating group) is 1. The molecule has 1 amide bonds. The molecule has 77 heavy (non-hydrogen) atoms. The second-order valence-corrected chi connectivity index (χ2v) is 22.9. The first kappa shape index (κ1) is 62.1.